The molecule has 0 fully saturated rings. The Labute approximate surface area is 67.7 Å². The van der Waals surface area contributed by atoms with Gasteiger partial charge in [0.1, 0.15) is 0 Å². The standard InChI is InChI=1S/C7H5ClN2O/c8-7-4-2-1-3-5(9)6(4)11-10-7/h1-3H,9H2. The zero-order valence-corrected chi connectivity index (χ0v) is 6.30. The molecule has 2 N–H and O–H groups in total. The van der Waals surface area contributed by atoms with Gasteiger partial charge in [0.2, 0.25) is 0 Å². The van der Waals surface area contributed by atoms with E-state index in [9.17, 15) is 0 Å². The van der Waals surface area contributed by atoms with Crippen molar-refractivity contribution >= 4 is 28.3 Å². The molecule has 0 radical (unpaired) electrons. The predicted molar refractivity (Wildman–Crippen MR) is 43.4 cm³/mol. The van der Waals surface area contributed by atoms with Gasteiger partial charge in [0.25, 0.3) is 0 Å². The van der Waals surface area contributed by atoms with Crippen molar-refractivity contribution in [2.24, 2.45) is 0 Å². The topological polar surface area (TPSA) is 52.0 Å². The molecule has 0 unspecified atom stereocenters. The highest BCUT2D eigenvalue weighted by Crippen LogP contribution is 2.26. The van der Waals surface area contributed by atoms with E-state index in [0.29, 0.717) is 16.4 Å². The first kappa shape index (κ1) is 6.49. The summed E-state index contributed by atoms with van der Waals surface area (Å²) in [6, 6.07) is 5.36. The molecule has 1 heterocycles. The molecule has 0 bridgehead atoms. The van der Waals surface area contributed by atoms with E-state index in [1.807, 2.05) is 6.07 Å². The Hall–Kier alpha value is -1.22. The third-order valence-electron chi connectivity index (χ3n) is 1.48. The maximum atomic E-state index is 5.68. The Kier molecular flexibility index (Phi) is 1.26. The van der Waals surface area contributed by atoms with Crippen LogP contribution in [-0.4, -0.2) is 5.16 Å². The van der Waals surface area contributed by atoms with E-state index in [-0.39, 0.29) is 0 Å². The van der Waals surface area contributed by atoms with E-state index >= 15 is 0 Å². The Morgan fingerprint density at radius 3 is 3.00 bits per heavy atom. The van der Waals surface area contributed by atoms with Gasteiger partial charge in [-0.15, -0.1) is 0 Å². The first-order valence-corrected chi connectivity index (χ1v) is 3.46. The molecule has 56 valence electrons. The third-order valence-corrected chi connectivity index (χ3v) is 1.76. The molecule has 3 nitrogen and oxygen atoms in total. The van der Waals surface area contributed by atoms with Crippen molar-refractivity contribution in [1.29, 1.82) is 0 Å². The molecule has 0 atom stereocenters. The van der Waals surface area contributed by atoms with E-state index in [1.165, 1.54) is 0 Å². The summed E-state index contributed by atoms with van der Waals surface area (Å²) in [7, 11) is 0. The van der Waals surface area contributed by atoms with E-state index in [4.69, 9.17) is 21.9 Å². The Balaban J connectivity index is 2.94. The van der Waals surface area contributed by atoms with Gasteiger partial charge < -0.3 is 10.3 Å². The van der Waals surface area contributed by atoms with Crippen LogP contribution < -0.4 is 5.73 Å². The van der Waals surface area contributed by atoms with Gasteiger partial charge in [0.15, 0.2) is 10.7 Å². The van der Waals surface area contributed by atoms with Gasteiger partial charge in [0, 0.05) is 0 Å². The lowest BCUT2D eigenvalue weighted by atomic mass is 10.2. The number of rotatable bonds is 0. The Morgan fingerprint density at radius 2 is 2.27 bits per heavy atom. The first-order chi connectivity index (χ1) is 5.29. The number of hydrogen-bond acceptors (Lipinski definition) is 3. The predicted octanol–water partition coefficient (Wildman–Crippen LogP) is 2.06. The summed E-state index contributed by atoms with van der Waals surface area (Å²) in [6.07, 6.45) is 0. The fourth-order valence-electron chi connectivity index (χ4n) is 0.954. The summed E-state index contributed by atoms with van der Waals surface area (Å²) < 4.78 is 4.87. The van der Waals surface area contributed by atoms with Crippen molar-refractivity contribution < 1.29 is 4.52 Å². The molecule has 0 aliphatic rings. The Bertz CT molecular complexity index is 396. The first-order valence-electron chi connectivity index (χ1n) is 3.08. The minimum absolute atomic E-state index is 0.354. The van der Waals surface area contributed by atoms with Gasteiger partial charge in [-0.1, -0.05) is 22.8 Å². The number of nitrogen functional groups attached to an aromatic ring is 1. The number of anilines is 1. The summed E-state index contributed by atoms with van der Waals surface area (Å²) >= 11 is 5.68. The monoisotopic (exact) mass is 168 g/mol. The minimum atomic E-state index is 0.354. The van der Waals surface area contributed by atoms with Crippen LogP contribution in [0.3, 0.4) is 0 Å². The quantitative estimate of drug-likeness (QED) is 0.613. The van der Waals surface area contributed by atoms with E-state index < -0.39 is 0 Å². The number of hydrogen-bond donors (Lipinski definition) is 1. The molecule has 0 saturated carbocycles. The van der Waals surface area contributed by atoms with Gasteiger partial charge in [-0.05, 0) is 12.1 Å². The van der Waals surface area contributed by atoms with E-state index in [1.54, 1.807) is 12.1 Å². The molecular formula is C7H5ClN2O. The molecule has 11 heavy (non-hydrogen) atoms. The second-order valence-electron chi connectivity index (χ2n) is 2.20. The van der Waals surface area contributed by atoms with Crippen molar-refractivity contribution in [1.82, 2.24) is 5.16 Å². The average molecular weight is 169 g/mol. The lowest BCUT2D eigenvalue weighted by Gasteiger charge is -1.89. The molecular weight excluding hydrogens is 164 g/mol. The van der Waals surface area contributed by atoms with Crippen LogP contribution in [0, 0.1) is 0 Å². The molecule has 0 amide bonds. The summed E-state index contributed by atoms with van der Waals surface area (Å²) in [5.74, 6) is 0. The third kappa shape index (κ3) is 0.851. The zero-order valence-electron chi connectivity index (χ0n) is 5.54. The lowest BCUT2D eigenvalue weighted by Crippen LogP contribution is -1.82. The maximum Gasteiger partial charge on any atom is 0.191 e. The highest BCUT2D eigenvalue weighted by atomic mass is 35.5. The van der Waals surface area contributed by atoms with Gasteiger partial charge >= 0.3 is 0 Å². The summed E-state index contributed by atoms with van der Waals surface area (Å²) in [5.41, 5.74) is 6.69. The second kappa shape index (κ2) is 2.13. The smallest absolute Gasteiger partial charge is 0.191 e. The van der Waals surface area contributed by atoms with Crippen LogP contribution in [0.2, 0.25) is 5.15 Å². The summed E-state index contributed by atoms with van der Waals surface area (Å²) in [6.45, 7) is 0. The average Bonchev–Trinajstić information content (AvgIpc) is 2.35. The van der Waals surface area contributed by atoms with Gasteiger partial charge in [-0.3, -0.25) is 0 Å². The van der Waals surface area contributed by atoms with Crippen LogP contribution in [0.4, 0.5) is 5.69 Å². The van der Waals surface area contributed by atoms with E-state index in [0.717, 1.165) is 5.39 Å². The maximum absolute atomic E-state index is 5.68. The largest absolute Gasteiger partial charge is 0.396 e. The van der Waals surface area contributed by atoms with Crippen molar-refractivity contribution in [3.63, 3.8) is 0 Å². The number of para-hydroxylation sites is 1. The number of nitrogens with two attached hydrogens (primary N) is 1. The van der Waals surface area contributed by atoms with Crippen molar-refractivity contribution in [3.05, 3.63) is 23.4 Å². The van der Waals surface area contributed by atoms with Gasteiger partial charge in [0.05, 0.1) is 11.1 Å². The van der Waals surface area contributed by atoms with Crippen molar-refractivity contribution in [2.75, 3.05) is 5.73 Å². The van der Waals surface area contributed by atoms with Crippen LogP contribution in [0.15, 0.2) is 22.7 Å². The van der Waals surface area contributed by atoms with Gasteiger partial charge in [-0.25, -0.2) is 0 Å². The van der Waals surface area contributed by atoms with Crippen LogP contribution >= 0.6 is 11.6 Å². The molecule has 2 rings (SSSR count). The normalized spacial score (nSPS) is 10.6. The van der Waals surface area contributed by atoms with Crippen LogP contribution in [0.25, 0.3) is 11.0 Å². The van der Waals surface area contributed by atoms with Crippen LogP contribution in [-0.2, 0) is 0 Å². The zero-order chi connectivity index (χ0) is 7.84. The number of fused-ring (bicyclic) bond motifs is 1. The summed E-state index contributed by atoms with van der Waals surface area (Å²) in [5, 5.41) is 4.68. The number of aromatic nitrogens is 1. The molecule has 1 aromatic heterocycles. The minimum Gasteiger partial charge on any atom is -0.396 e. The highest BCUT2D eigenvalue weighted by molar-refractivity contribution is 6.34. The molecule has 0 aliphatic heterocycles. The Morgan fingerprint density at radius 1 is 1.45 bits per heavy atom. The fourth-order valence-corrected chi connectivity index (χ4v) is 1.14. The molecule has 2 aromatic rings. The number of nitrogens with zero attached hydrogens (tertiary/aromatic N) is 1. The van der Waals surface area contributed by atoms with Crippen molar-refractivity contribution in [2.45, 2.75) is 0 Å². The molecule has 0 aliphatic carbocycles. The van der Waals surface area contributed by atoms with Crippen LogP contribution in [0.5, 0.6) is 0 Å². The molecule has 1 aromatic carbocycles. The van der Waals surface area contributed by atoms with E-state index in [2.05, 4.69) is 5.16 Å². The summed E-state index contributed by atoms with van der Waals surface area (Å²) in [4.78, 5) is 0. The fraction of sp³-hybridized carbons (Fsp3) is 0. The lowest BCUT2D eigenvalue weighted by molar-refractivity contribution is 0.458. The number of halogens is 1. The molecule has 0 spiro atoms. The second-order valence-corrected chi connectivity index (χ2v) is 2.56. The van der Waals surface area contributed by atoms with Crippen LogP contribution in [0.1, 0.15) is 0 Å². The number of benzene rings is 1. The molecule has 4 heteroatoms. The molecule has 0 saturated heterocycles. The van der Waals surface area contributed by atoms with Gasteiger partial charge in [-0.2, -0.15) is 0 Å². The van der Waals surface area contributed by atoms with Crippen molar-refractivity contribution in [3.8, 4) is 0 Å². The highest BCUT2D eigenvalue weighted by Gasteiger charge is 2.06. The SMILES string of the molecule is Nc1cccc2c(Cl)noc12.